The Bertz CT molecular complexity index is 1020. The minimum Gasteiger partial charge on any atom is -0.345 e. The molecule has 4 heterocycles. The van der Waals surface area contributed by atoms with E-state index < -0.39 is 0 Å². The molecule has 0 unspecified atom stereocenters. The Morgan fingerprint density at radius 3 is 2.60 bits per heavy atom. The van der Waals surface area contributed by atoms with Crippen LogP contribution < -0.4 is 0 Å². The molecule has 0 bridgehead atoms. The number of aromatic nitrogens is 4. The predicted molar refractivity (Wildman–Crippen MR) is 118 cm³/mol. The van der Waals surface area contributed by atoms with Crippen LogP contribution >= 0.6 is 11.6 Å². The number of H-pyrrole nitrogens is 1. The molecule has 0 aromatic carbocycles. The lowest BCUT2D eigenvalue weighted by molar-refractivity contribution is 0.0735. The van der Waals surface area contributed by atoms with Crippen LogP contribution in [0.4, 0.5) is 0 Å². The van der Waals surface area contributed by atoms with Crippen molar-refractivity contribution in [3.8, 4) is 0 Å². The van der Waals surface area contributed by atoms with Gasteiger partial charge in [-0.25, -0.2) is 9.97 Å². The molecule has 1 fully saturated rings. The van der Waals surface area contributed by atoms with Gasteiger partial charge in [-0.05, 0) is 38.9 Å². The van der Waals surface area contributed by atoms with E-state index in [-0.39, 0.29) is 5.91 Å². The van der Waals surface area contributed by atoms with Crippen LogP contribution in [-0.4, -0.2) is 55.2 Å². The Morgan fingerprint density at radius 1 is 1.17 bits per heavy atom. The van der Waals surface area contributed by atoms with Gasteiger partial charge in [0.05, 0.1) is 17.3 Å². The van der Waals surface area contributed by atoms with Crippen molar-refractivity contribution in [2.45, 2.75) is 52.1 Å². The van der Waals surface area contributed by atoms with Gasteiger partial charge in [0.1, 0.15) is 11.5 Å². The molecule has 3 aromatic rings. The number of likely N-dealkylation sites (tertiary alicyclic amines) is 1. The lowest BCUT2D eigenvalue weighted by Crippen LogP contribution is -2.35. The second kappa shape index (κ2) is 9.18. The summed E-state index contributed by atoms with van der Waals surface area (Å²) in [5.74, 6) is 0.924. The summed E-state index contributed by atoms with van der Waals surface area (Å²) >= 11 is 6.26. The molecule has 1 amide bonds. The quantitative estimate of drug-likeness (QED) is 0.665. The maximum absolute atomic E-state index is 13.5. The summed E-state index contributed by atoms with van der Waals surface area (Å²) < 4.78 is 1.95. The Labute approximate surface area is 182 Å². The molecule has 0 aliphatic carbocycles. The lowest BCUT2D eigenvalue weighted by atomic mass is 10.1. The summed E-state index contributed by atoms with van der Waals surface area (Å²) in [4.78, 5) is 29.9. The van der Waals surface area contributed by atoms with E-state index in [0.29, 0.717) is 23.8 Å². The van der Waals surface area contributed by atoms with Crippen molar-refractivity contribution in [2.75, 3.05) is 20.1 Å². The molecule has 1 aliphatic heterocycles. The zero-order valence-corrected chi connectivity index (χ0v) is 18.5. The van der Waals surface area contributed by atoms with Gasteiger partial charge in [-0.2, -0.15) is 0 Å². The molecule has 1 aliphatic rings. The van der Waals surface area contributed by atoms with Crippen LogP contribution in [0.15, 0.2) is 24.5 Å². The number of imidazole rings is 2. The van der Waals surface area contributed by atoms with Gasteiger partial charge in [0, 0.05) is 37.7 Å². The molecule has 0 spiro atoms. The first kappa shape index (κ1) is 20.9. The summed E-state index contributed by atoms with van der Waals surface area (Å²) in [5, 5.41) is 0.621. The van der Waals surface area contributed by atoms with Crippen LogP contribution in [0.25, 0.3) is 5.65 Å². The smallest absolute Gasteiger partial charge is 0.274 e. The average molecular weight is 429 g/mol. The summed E-state index contributed by atoms with van der Waals surface area (Å²) in [6, 6.07) is 3.68. The zero-order valence-electron chi connectivity index (χ0n) is 17.7. The molecule has 160 valence electrons. The summed E-state index contributed by atoms with van der Waals surface area (Å²) in [6.45, 7) is 4.81. The average Bonchev–Trinajstić information content (AvgIpc) is 3.24. The Hall–Kier alpha value is -2.38. The number of carbonyl (C=O) groups is 1. The van der Waals surface area contributed by atoms with Gasteiger partial charge in [0.15, 0.2) is 5.69 Å². The number of nitrogens with zero attached hydrogens (tertiary/aromatic N) is 5. The highest BCUT2D eigenvalue weighted by Gasteiger charge is 2.25. The van der Waals surface area contributed by atoms with Crippen molar-refractivity contribution in [1.82, 2.24) is 29.2 Å². The molecule has 0 radical (unpaired) electrons. The number of carbonyl (C=O) groups excluding carboxylic acids is 1. The van der Waals surface area contributed by atoms with E-state index in [4.69, 9.17) is 16.6 Å². The highest BCUT2D eigenvalue weighted by atomic mass is 35.5. The van der Waals surface area contributed by atoms with Crippen LogP contribution in [0.3, 0.4) is 0 Å². The fourth-order valence-corrected chi connectivity index (χ4v) is 4.27. The zero-order chi connectivity index (χ0) is 21.1. The molecule has 7 nitrogen and oxygen atoms in total. The van der Waals surface area contributed by atoms with Crippen LogP contribution in [-0.2, 0) is 13.1 Å². The summed E-state index contributed by atoms with van der Waals surface area (Å²) in [7, 11) is 2.02. The molecule has 3 aromatic heterocycles. The molecule has 1 N–H and O–H groups in total. The van der Waals surface area contributed by atoms with Crippen molar-refractivity contribution >= 4 is 23.2 Å². The number of aryl methyl sites for hydroxylation is 1. The number of halogens is 1. The van der Waals surface area contributed by atoms with Crippen molar-refractivity contribution in [3.63, 3.8) is 0 Å². The van der Waals surface area contributed by atoms with Gasteiger partial charge >= 0.3 is 0 Å². The van der Waals surface area contributed by atoms with Crippen LogP contribution in [0.5, 0.6) is 0 Å². The number of rotatable bonds is 5. The Balaban J connectivity index is 1.63. The second-order valence-electron chi connectivity index (χ2n) is 8.23. The monoisotopic (exact) mass is 428 g/mol. The third-order valence-corrected chi connectivity index (χ3v) is 5.85. The molecule has 0 atom stereocenters. The van der Waals surface area contributed by atoms with Crippen LogP contribution in [0, 0.1) is 6.92 Å². The minimum absolute atomic E-state index is 0.0222. The molecular weight excluding hydrogens is 400 g/mol. The molecule has 4 rings (SSSR count). The van der Waals surface area contributed by atoms with E-state index in [0.717, 1.165) is 48.8 Å². The number of hydrogen-bond donors (Lipinski definition) is 1. The maximum atomic E-state index is 13.5. The molecule has 8 heteroatoms. The normalized spacial score (nSPS) is 15.5. The van der Waals surface area contributed by atoms with E-state index in [1.165, 1.54) is 19.3 Å². The number of pyridine rings is 1. The maximum Gasteiger partial charge on any atom is 0.274 e. The number of nitrogens with one attached hydrogen (secondary N) is 1. The molecule has 1 saturated heterocycles. The molecule has 30 heavy (non-hydrogen) atoms. The van der Waals surface area contributed by atoms with Gasteiger partial charge in [0.25, 0.3) is 5.91 Å². The fraction of sp³-hybridized carbons (Fsp3) is 0.500. The highest BCUT2D eigenvalue weighted by molar-refractivity contribution is 6.30. The number of fused-ring (bicyclic) bond motifs is 1. The SMILES string of the molecule is Cc1cnc(CN(C)Cc2c(C(=O)N3CCCCCCC3)nc3ccc(Cl)cn23)[nH]1. The van der Waals surface area contributed by atoms with E-state index in [1.54, 1.807) is 0 Å². The fourth-order valence-electron chi connectivity index (χ4n) is 4.10. The number of hydrogen-bond acceptors (Lipinski definition) is 4. The van der Waals surface area contributed by atoms with Crippen molar-refractivity contribution in [1.29, 1.82) is 0 Å². The number of amides is 1. The standard InChI is InChI=1S/C22H29ClN6O/c1-16-12-24-19(25-16)15-27(2)14-18-21(26-20-9-8-17(23)13-29(18)20)22(30)28-10-6-4-3-5-7-11-28/h8-9,12-13H,3-7,10-11,14-15H2,1-2H3,(H,24,25). The van der Waals surface area contributed by atoms with Gasteiger partial charge in [0.2, 0.25) is 0 Å². The Morgan fingerprint density at radius 2 is 1.90 bits per heavy atom. The first-order valence-corrected chi connectivity index (χ1v) is 11.0. The first-order valence-electron chi connectivity index (χ1n) is 10.7. The van der Waals surface area contributed by atoms with Gasteiger partial charge in [-0.3, -0.25) is 9.69 Å². The van der Waals surface area contributed by atoms with E-state index in [9.17, 15) is 4.79 Å². The first-order chi connectivity index (χ1) is 14.5. The third kappa shape index (κ3) is 4.68. The largest absolute Gasteiger partial charge is 0.345 e. The molecular formula is C22H29ClN6O. The van der Waals surface area contributed by atoms with Gasteiger partial charge in [-0.1, -0.05) is 30.9 Å². The minimum atomic E-state index is 0.0222. The second-order valence-corrected chi connectivity index (χ2v) is 8.66. The third-order valence-electron chi connectivity index (χ3n) is 5.62. The van der Waals surface area contributed by atoms with Crippen LogP contribution in [0.1, 0.15) is 59.8 Å². The van der Waals surface area contributed by atoms with Gasteiger partial charge < -0.3 is 14.3 Å². The highest BCUT2D eigenvalue weighted by Crippen LogP contribution is 2.21. The topological polar surface area (TPSA) is 69.5 Å². The number of aromatic amines is 1. The lowest BCUT2D eigenvalue weighted by Gasteiger charge is -2.25. The summed E-state index contributed by atoms with van der Waals surface area (Å²) in [6.07, 6.45) is 9.40. The van der Waals surface area contributed by atoms with Gasteiger partial charge in [-0.15, -0.1) is 0 Å². The molecule has 0 saturated carbocycles. The Kier molecular flexibility index (Phi) is 6.39. The van der Waals surface area contributed by atoms with E-state index in [1.807, 2.05) is 47.8 Å². The van der Waals surface area contributed by atoms with E-state index >= 15 is 0 Å². The van der Waals surface area contributed by atoms with Crippen LogP contribution in [0.2, 0.25) is 5.02 Å². The van der Waals surface area contributed by atoms with E-state index in [2.05, 4.69) is 14.9 Å². The predicted octanol–water partition coefficient (Wildman–Crippen LogP) is 4.06. The van der Waals surface area contributed by atoms with Crippen molar-refractivity contribution in [2.24, 2.45) is 0 Å². The van der Waals surface area contributed by atoms with Crippen molar-refractivity contribution < 1.29 is 4.79 Å². The summed E-state index contributed by atoms with van der Waals surface area (Å²) in [5.41, 5.74) is 3.17. The van der Waals surface area contributed by atoms with Crippen molar-refractivity contribution in [3.05, 3.63) is 52.5 Å².